The molecule has 0 spiro atoms. The zero-order valence-corrected chi connectivity index (χ0v) is 17.1. The van der Waals surface area contributed by atoms with Gasteiger partial charge in [-0.1, -0.05) is 12.1 Å². The molecule has 0 aliphatic heterocycles. The van der Waals surface area contributed by atoms with Crippen LogP contribution < -0.4 is 10.6 Å². The Morgan fingerprint density at radius 3 is 2.67 bits per heavy atom. The largest absolute Gasteiger partial charge is 0.436 e. The van der Waals surface area contributed by atoms with Crippen molar-refractivity contribution in [2.75, 3.05) is 11.9 Å². The zero-order valence-electron chi connectivity index (χ0n) is 14.7. The Labute approximate surface area is 168 Å². The molecule has 10 heteroatoms. The van der Waals surface area contributed by atoms with E-state index in [1.54, 1.807) is 31.2 Å². The van der Waals surface area contributed by atoms with Gasteiger partial charge in [0.25, 0.3) is 0 Å². The molecule has 0 amide bonds. The number of thiocarbonyl (C=S) groups is 1. The zero-order chi connectivity index (χ0) is 20.2. The van der Waals surface area contributed by atoms with Crippen LogP contribution in [0.3, 0.4) is 0 Å². The molecule has 1 heterocycles. The van der Waals surface area contributed by atoms with E-state index in [4.69, 9.17) is 12.2 Å². The Morgan fingerprint density at radius 2 is 2.07 bits per heavy atom. The third-order valence-corrected chi connectivity index (χ3v) is 4.96. The van der Waals surface area contributed by atoms with E-state index >= 15 is 0 Å². The molecule has 0 aliphatic carbocycles. The molecule has 0 radical (unpaired) electrons. The van der Waals surface area contributed by atoms with E-state index in [0.717, 1.165) is 0 Å². The maximum absolute atomic E-state index is 12.9. The Morgan fingerprint density at radius 1 is 1.37 bits per heavy atom. The lowest BCUT2D eigenvalue weighted by Gasteiger charge is -2.11. The van der Waals surface area contributed by atoms with Gasteiger partial charge in [-0.3, -0.25) is 9.48 Å². The van der Waals surface area contributed by atoms with Crippen LogP contribution in [0, 0.1) is 6.92 Å². The molecule has 0 saturated heterocycles. The van der Waals surface area contributed by atoms with E-state index in [9.17, 15) is 18.0 Å². The number of aryl methyl sites for hydroxylation is 1. The molecular formula is C17H18BrF3N4OS. The number of nitrogens with one attached hydrogen (secondary N) is 2. The normalized spacial score (nSPS) is 11.3. The summed E-state index contributed by atoms with van der Waals surface area (Å²) >= 11 is 8.14. The summed E-state index contributed by atoms with van der Waals surface area (Å²) in [6.07, 6.45) is -3.96. The van der Waals surface area contributed by atoms with Crippen LogP contribution in [0.1, 0.15) is 35.1 Å². The average Bonchev–Trinajstić information content (AvgIpc) is 2.87. The van der Waals surface area contributed by atoms with E-state index in [0.29, 0.717) is 41.6 Å². The lowest BCUT2D eigenvalue weighted by atomic mass is 10.1. The molecule has 0 bridgehead atoms. The van der Waals surface area contributed by atoms with Gasteiger partial charge in [-0.05, 0) is 60.5 Å². The predicted molar refractivity (Wildman–Crippen MR) is 105 cm³/mol. The van der Waals surface area contributed by atoms with E-state index in [2.05, 4.69) is 31.7 Å². The van der Waals surface area contributed by atoms with Crippen LogP contribution in [0.25, 0.3) is 0 Å². The number of carbonyl (C=O) groups is 1. The average molecular weight is 463 g/mol. The third kappa shape index (κ3) is 5.77. The smallest absolute Gasteiger partial charge is 0.362 e. The standard InChI is InChI=1S/C17H18BrF3N4OS/c1-10-14(18)15(17(19,20)21)24-25(10)8-4-7-22-16(27)23-13-6-3-5-12(9-13)11(2)26/h3,5-6,9H,4,7-8H2,1-2H3,(H2,22,23,27). The van der Waals surface area contributed by atoms with Crippen molar-refractivity contribution in [3.8, 4) is 0 Å². The van der Waals surface area contributed by atoms with Crippen LogP contribution in [0.15, 0.2) is 28.7 Å². The fourth-order valence-corrected chi connectivity index (χ4v) is 3.07. The van der Waals surface area contributed by atoms with Gasteiger partial charge in [-0.15, -0.1) is 0 Å². The highest BCUT2D eigenvalue weighted by molar-refractivity contribution is 9.10. The first kappa shape index (κ1) is 21.4. The van der Waals surface area contributed by atoms with Gasteiger partial charge < -0.3 is 10.6 Å². The predicted octanol–water partition coefficient (Wildman–Crippen LogP) is 4.55. The molecule has 1 aromatic carbocycles. The second kappa shape index (κ2) is 8.83. The first-order chi connectivity index (χ1) is 12.6. The van der Waals surface area contributed by atoms with Crippen molar-refractivity contribution in [1.82, 2.24) is 15.1 Å². The van der Waals surface area contributed by atoms with E-state index in [1.165, 1.54) is 11.6 Å². The number of hydrogen-bond donors (Lipinski definition) is 2. The molecule has 0 unspecified atom stereocenters. The fraction of sp³-hybridized carbons (Fsp3) is 0.353. The maximum Gasteiger partial charge on any atom is 0.436 e. The third-order valence-electron chi connectivity index (χ3n) is 3.76. The summed E-state index contributed by atoms with van der Waals surface area (Å²) in [6.45, 7) is 3.83. The number of halogens is 4. The first-order valence-electron chi connectivity index (χ1n) is 8.05. The van der Waals surface area contributed by atoms with Gasteiger partial charge in [0, 0.05) is 24.3 Å². The number of Topliss-reactive ketones (excluding diaryl/α,β-unsaturated/α-hetero) is 1. The van der Waals surface area contributed by atoms with Crippen molar-refractivity contribution in [3.05, 3.63) is 45.7 Å². The van der Waals surface area contributed by atoms with Crippen LogP contribution in [0.4, 0.5) is 18.9 Å². The molecular weight excluding hydrogens is 445 g/mol. The molecule has 2 N–H and O–H groups in total. The van der Waals surface area contributed by atoms with Crippen LogP contribution in [-0.4, -0.2) is 27.2 Å². The van der Waals surface area contributed by atoms with Crippen LogP contribution in [0.2, 0.25) is 0 Å². The highest BCUT2D eigenvalue weighted by Gasteiger charge is 2.37. The van der Waals surface area contributed by atoms with Gasteiger partial charge in [0.05, 0.1) is 10.2 Å². The molecule has 0 saturated carbocycles. The molecule has 0 fully saturated rings. The molecule has 2 rings (SSSR count). The summed E-state index contributed by atoms with van der Waals surface area (Å²) in [4.78, 5) is 11.4. The Kier molecular flexibility index (Phi) is 6.99. The number of carbonyl (C=O) groups excluding carboxylic acids is 1. The van der Waals surface area contributed by atoms with Crippen LogP contribution >= 0.6 is 28.1 Å². The summed E-state index contributed by atoms with van der Waals surface area (Å²) in [6, 6.07) is 6.94. The second-order valence-electron chi connectivity index (χ2n) is 5.84. The Balaban J connectivity index is 1.84. The molecule has 1 aromatic heterocycles. The van der Waals surface area contributed by atoms with Gasteiger partial charge in [0.2, 0.25) is 0 Å². The second-order valence-corrected chi connectivity index (χ2v) is 7.04. The molecule has 27 heavy (non-hydrogen) atoms. The minimum Gasteiger partial charge on any atom is -0.362 e. The molecule has 0 atom stereocenters. The van der Waals surface area contributed by atoms with Crippen molar-refractivity contribution in [2.24, 2.45) is 0 Å². The summed E-state index contributed by atoms with van der Waals surface area (Å²) in [5.74, 6) is -0.0449. The van der Waals surface area contributed by atoms with Crippen molar-refractivity contribution in [2.45, 2.75) is 33.0 Å². The van der Waals surface area contributed by atoms with E-state index in [-0.39, 0.29) is 10.3 Å². The number of aromatic nitrogens is 2. The lowest BCUT2D eigenvalue weighted by Crippen LogP contribution is -2.30. The lowest BCUT2D eigenvalue weighted by molar-refractivity contribution is -0.142. The number of nitrogens with zero attached hydrogens (tertiary/aromatic N) is 2. The van der Waals surface area contributed by atoms with E-state index < -0.39 is 11.9 Å². The minimum absolute atomic E-state index is 0.0366. The number of hydrogen-bond acceptors (Lipinski definition) is 3. The van der Waals surface area contributed by atoms with Crippen molar-refractivity contribution >= 4 is 44.7 Å². The Bertz CT molecular complexity index is 851. The highest BCUT2D eigenvalue weighted by atomic mass is 79.9. The van der Waals surface area contributed by atoms with Crippen LogP contribution in [-0.2, 0) is 12.7 Å². The van der Waals surface area contributed by atoms with Gasteiger partial charge in [-0.2, -0.15) is 18.3 Å². The molecule has 146 valence electrons. The summed E-state index contributed by atoms with van der Waals surface area (Å²) in [5, 5.41) is 9.94. The van der Waals surface area contributed by atoms with Crippen molar-refractivity contribution < 1.29 is 18.0 Å². The number of anilines is 1. The van der Waals surface area contributed by atoms with Crippen LogP contribution in [0.5, 0.6) is 0 Å². The monoisotopic (exact) mass is 462 g/mol. The van der Waals surface area contributed by atoms with Gasteiger partial charge in [0.1, 0.15) is 0 Å². The molecule has 5 nitrogen and oxygen atoms in total. The number of ketones is 1. The SMILES string of the molecule is CC(=O)c1cccc(NC(=S)NCCCn2nc(C(F)(F)F)c(Br)c2C)c1. The number of alkyl halides is 3. The summed E-state index contributed by atoms with van der Waals surface area (Å²) < 4.78 is 39.9. The van der Waals surface area contributed by atoms with Gasteiger partial charge in [-0.25, -0.2) is 0 Å². The first-order valence-corrected chi connectivity index (χ1v) is 9.25. The van der Waals surface area contributed by atoms with Gasteiger partial charge in [0.15, 0.2) is 16.6 Å². The van der Waals surface area contributed by atoms with Crippen molar-refractivity contribution in [1.29, 1.82) is 0 Å². The number of rotatable bonds is 6. The number of benzene rings is 1. The molecule has 2 aromatic rings. The van der Waals surface area contributed by atoms with E-state index in [1.807, 2.05) is 0 Å². The molecule has 0 aliphatic rings. The maximum atomic E-state index is 12.9. The van der Waals surface area contributed by atoms with Crippen molar-refractivity contribution in [3.63, 3.8) is 0 Å². The minimum atomic E-state index is -4.49. The van der Waals surface area contributed by atoms with Gasteiger partial charge >= 0.3 is 6.18 Å². The quantitative estimate of drug-likeness (QED) is 0.374. The topological polar surface area (TPSA) is 59.0 Å². The highest BCUT2D eigenvalue weighted by Crippen LogP contribution is 2.35. The summed E-state index contributed by atoms with van der Waals surface area (Å²) in [5.41, 5.74) is 0.754. The fourth-order valence-electron chi connectivity index (χ4n) is 2.35. The summed E-state index contributed by atoms with van der Waals surface area (Å²) in [7, 11) is 0. The Hall–Kier alpha value is -1.94.